The lowest BCUT2D eigenvalue weighted by molar-refractivity contribution is -0.127. The Hall–Kier alpha value is -2.29. The van der Waals surface area contributed by atoms with Crippen molar-refractivity contribution in [2.45, 2.75) is 39.8 Å². The highest BCUT2D eigenvalue weighted by Crippen LogP contribution is 2.20. The molecular formula is C19H23NO2. The molecule has 0 saturated carbocycles. The van der Waals surface area contributed by atoms with Gasteiger partial charge in [0.25, 0.3) is 5.91 Å². The molecule has 2 aromatic rings. The highest BCUT2D eigenvalue weighted by Gasteiger charge is 2.18. The fourth-order valence-corrected chi connectivity index (χ4v) is 2.33. The number of carbonyl (C=O) groups is 1. The molecule has 0 unspecified atom stereocenters. The molecule has 0 bridgehead atoms. The normalized spacial score (nSPS) is 13.3. The van der Waals surface area contributed by atoms with E-state index in [1.807, 2.05) is 69.3 Å². The molecule has 0 aliphatic heterocycles. The Morgan fingerprint density at radius 2 is 1.73 bits per heavy atom. The first-order chi connectivity index (χ1) is 10.5. The maximum Gasteiger partial charge on any atom is 0.261 e. The van der Waals surface area contributed by atoms with Gasteiger partial charge in [0.2, 0.25) is 0 Å². The molecule has 0 radical (unpaired) electrons. The lowest BCUT2D eigenvalue weighted by Crippen LogP contribution is -2.37. The molecule has 3 nitrogen and oxygen atoms in total. The van der Waals surface area contributed by atoms with Crippen LogP contribution in [0, 0.1) is 13.8 Å². The zero-order valence-electron chi connectivity index (χ0n) is 13.6. The summed E-state index contributed by atoms with van der Waals surface area (Å²) in [7, 11) is 0. The van der Waals surface area contributed by atoms with Gasteiger partial charge in [0, 0.05) is 0 Å². The minimum atomic E-state index is -0.535. The number of rotatable bonds is 5. The summed E-state index contributed by atoms with van der Waals surface area (Å²) in [5.74, 6) is 0.636. The van der Waals surface area contributed by atoms with Crippen LogP contribution >= 0.6 is 0 Å². The van der Waals surface area contributed by atoms with E-state index in [4.69, 9.17) is 4.74 Å². The monoisotopic (exact) mass is 297 g/mol. The summed E-state index contributed by atoms with van der Waals surface area (Å²) < 4.78 is 5.79. The van der Waals surface area contributed by atoms with E-state index in [9.17, 15) is 4.79 Å². The van der Waals surface area contributed by atoms with E-state index in [1.54, 1.807) is 6.92 Å². The molecule has 1 amide bonds. The van der Waals surface area contributed by atoms with Gasteiger partial charge in [-0.1, -0.05) is 48.0 Å². The molecule has 0 fully saturated rings. The molecule has 0 aliphatic carbocycles. The van der Waals surface area contributed by atoms with Crippen LogP contribution in [-0.4, -0.2) is 12.0 Å². The number of ether oxygens (including phenoxy) is 1. The Kier molecular flexibility index (Phi) is 5.21. The van der Waals surface area contributed by atoms with E-state index in [0.717, 1.165) is 16.9 Å². The van der Waals surface area contributed by atoms with Crippen LogP contribution in [0.4, 0.5) is 0 Å². The van der Waals surface area contributed by atoms with Crippen molar-refractivity contribution in [1.29, 1.82) is 0 Å². The van der Waals surface area contributed by atoms with Crippen LogP contribution in [0.5, 0.6) is 5.75 Å². The Labute approximate surface area is 132 Å². The molecule has 22 heavy (non-hydrogen) atoms. The number of nitrogens with one attached hydrogen (secondary N) is 1. The Bertz CT molecular complexity index is 637. The number of hydrogen-bond donors (Lipinski definition) is 1. The minimum absolute atomic E-state index is 0.0427. The fourth-order valence-electron chi connectivity index (χ4n) is 2.33. The third-order valence-corrected chi connectivity index (χ3v) is 3.66. The Morgan fingerprint density at radius 3 is 2.36 bits per heavy atom. The van der Waals surface area contributed by atoms with Crippen molar-refractivity contribution >= 4 is 5.91 Å². The molecule has 0 aromatic heterocycles. The smallest absolute Gasteiger partial charge is 0.261 e. The maximum atomic E-state index is 12.3. The minimum Gasteiger partial charge on any atom is -0.481 e. The Balaban J connectivity index is 1.97. The molecule has 2 atom stereocenters. The summed E-state index contributed by atoms with van der Waals surface area (Å²) in [5, 5.41) is 2.98. The first-order valence-electron chi connectivity index (χ1n) is 7.56. The summed E-state index contributed by atoms with van der Waals surface area (Å²) in [6.45, 7) is 7.76. The second-order valence-electron chi connectivity index (χ2n) is 5.67. The zero-order chi connectivity index (χ0) is 16.1. The molecule has 1 N–H and O–H groups in total. The van der Waals surface area contributed by atoms with Gasteiger partial charge in [0.05, 0.1) is 6.04 Å². The van der Waals surface area contributed by atoms with Crippen molar-refractivity contribution in [3.8, 4) is 5.75 Å². The van der Waals surface area contributed by atoms with Crippen molar-refractivity contribution in [3.05, 3.63) is 65.2 Å². The molecule has 116 valence electrons. The third-order valence-electron chi connectivity index (χ3n) is 3.66. The van der Waals surface area contributed by atoms with Crippen LogP contribution < -0.4 is 10.1 Å². The van der Waals surface area contributed by atoms with E-state index < -0.39 is 6.10 Å². The van der Waals surface area contributed by atoms with Crippen LogP contribution in [0.25, 0.3) is 0 Å². The van der Waals surface area contributed by atoms with Gasteiger partial charge >= 0.3 is 0 Å². The zero-order valence-corrected chi connectivity index (χ0v) is 13.6. The molecule has 0 spiro atoms. The lowest BCUT2D eigenvalue weighted by atomic mass is 10.1. The molecule has 0 heterocycles. The van der Waals surface area contributed by atoms with E-state index in [1.165, 1.54) is 5.56 Å². The first-order valence-corrected chi connectivity index (χ1v) is 7.56. The fraction of sp³-hybridized carbons (Fsp3) is 0.316. The van der Waals surface area contributed by atoms with Gasteiger partial charge in [0.15, 0.2) is 6.10 Å². The van der Waals surface area contributed by atoms with E-state index in [2.05, 4.69) is 5.32 Å². The standard InChI is InChI=1S/C19H23NO2/c1-13-10-11-18(14(2)12-13)22-16(4)19(21)20-15(3)17-8-6-5-7-9-17/h5-12,15-16H,1-4H3,(H,20,21)/t15-,16-/m1/s1. The molecule has 0 saturated heterocycles. The second-order valence-corrected chi connectivity index (χ2v) is 5.67. The number of hydrogen-bond acceptors (Lipinski definition) is 2. The van der Waals surface area contributed by atoms with Crippen molar-refractivity contribution in [2.24, 2.45) is 0 Å². The molecule has 2 rings (SSSR count). The van der Waals surface area contributed by atoms with Gasteiger partial charge in [-0.05, 0) is 44.9 Å². The van der Waals surface area contributed by atoms with Crippen molar-refractivity contribution in [2.75, 3.05) is 0 Å². The third kappa shape index (κ3) is 4.10. The van der Waals surface area contributed by atoms with Gasteiger partial charge in [-0.15, -0.1) is 0 Å². The Morgan fingerprint density at radius 1 is 1.05 bits per heavy atom. The lowest BCUT2D eigenvalue weighted by Gasteiger charge is -2.20. The number of benzene rings is 2. The average molecular weight is 297 g/mol. The summed E-state index contributed by atoms with van der Waals surface area (Å²) in [6.07, 6.45) is -0.535. The topological polar surface area (TPSA) is 38.3 Å². The van der Waals surface area contributed by atoms with Crippen molar-refractivity contribution < 1.29 is 9.53 Å². The SMILES string of the molecule is Cc1ccc(O[C@H](C)C(=O)N[C@H](C)c2ccccc2)c(C)c1. The highest BCUT2D eigenvalue weighted by atomic mass is 16.5. The predicted octanol–water partition coefficient (Wildman–Crippen LogP) is 3.95. The number of carbonyl (C=O) groups excluding carboxylic acids is 1. The van der Waals surface area contributed by atoms with E-state index >= 15 is 0 Å². The van der Waals surface area contributed by atoms with Gasteiger partial charge in [-0.3, -0.25) is 4.79 Å². The summed E-state index contributed by atoms with van der Waals surface area (Å²) in [4.78, 5) is 12.3. The van der Waals surface area contributed by atoms with E-state index in [0.29, 0.717) is 0 Å². The van der Waals surface area contributed by atoms with Crippen LogP contribution in [-0.2, 0) is 4.79 Å². The quantitative estimate of drug-likeness (QED) is 0.907. The van der Waals surface area contributed by atoms with Gasteiger partial charge in [-0.2, -0.15) is 0 Å². The second kappa shape index (κ2) is 7.12. The molecular weight excluding hydrogens is 274 g/mol. The largest absolute Gasteiger partial charge is 0.481 e. The summed E-state index contributed by atoms with van der Waals surface area (Å²) in [6, 6.07) is 15.8. The van der Waals surface area contributed by atoms with Crippen LogP contribution in [0.2, 0.25) is 0 Å². The van der Waals surface area contributed by atoms with Crippen LogP contribution in [0.3, 0.4) is 0 Å². The van der Waals surface area contributed by atoms with Crippen molar-refractivity contribution in [3.63, 3.8) is 0 Å². The summed E-state index contributed by atoms with van der Waals surface area (Å²) in [5.41, 5.74) is 3.30. The van der Waals surface area contributed by atoms with E-state index in [-0.39, 0.29) is 11.9 Å². The molecule has 0 aliphatic rings. The molecule has 3 heteroatoms. The van der Waals surface area contributed by atoms with Gasteiger partial charge in [0.1, 0.15) is 5.75 Å². The summed E-state index contributed by atoms with van der Waals surface area (Å²) >= 11 is 0. The number of aryl methyl sites for hydroxylation is 2. The number of amides is 1. The van der Waals surface area contributed by atoms with Gasteiger partial charge in [-0.25, -0.2) is 0 Å². The molecule has 2 aromatic carbocycles. The average Bonchev–Trinajstić information content (AvgIpc) is 2.50. The maximum absolute atomic E-state index is 12.3. The van der Waals surface area contributed by atoms with Crippen LogP contribution in [0.15, 0.2) is 48.5 Å². The first kappa shape index (κ1) is 16.1. The predicted molar refractivity (Wildman–Crippen MR) is 89.0 cm³/mol. The van der Waals surface area contributed by atoms with Crippen LogP contribution in [0.1, 0.15) is 36.6 Å². The van der Waals surface area contributed by atoms with Gasteiger partial charge < -0.3 is 10.1 Å². The highest BCUT2D eigenvalue weighted by molar-refractivity contribution is 5.81. The van der Waals surface area contributed by atoms with Crippen molar-refractivity contribution in [1.82, 2.24) is 5.32 Å².